The predicted molar refractivity (Wildman–Crippen MR) is 105 cm³/mol. The van der Waals surface area contributed by atoms with Crippen LogP contribution in [0.5, 0.6) is 5.75 Å². The van der Waals surface area contributed by atoms with Gasteiger partial charge in [0.15, 0.2) is 6.67 Å². The number of ether oxygens (including phenoxy) is 1. The van der Waals surface area contributed by atoms with Crippen molar-refractivity contribution in [3.05, 3.63) is 51.2 Å². The van der Waals surface area contributed by atoms with Crippen molar-refractivity contribution >= 4 is 34.9 Å². The van der Waals surface area contributed by atoms with Gasteiger partial charge in [-0.2, -0.15) is 0 Å². The third kappa shape index (κ3) is 3.95. The molecule has 3 rings (SSSR count). The Labute approximate surface area is 167 Å². The number of imide groups is 1. The summed E-state index contributed by atoms with van der Waals surface area (Å²) >= 11 is 7.52. The lowest BCUT2D eigenvalue weighted by Crippen LogP contribution is -3.12. The summed E-state index contributed by atoms with van der Waals surface area (Å²) in [5.74, 6) is 0.389. The van der Waals surface area contributed by atoms with E-state index in [1.807, 2.05) is 31.2 Å². The molecular formula is C19H23ClN3O3S+. The van der Waals surface area contributed by atoms with Gasteiger partial charge in [0.05, 0.1) is 22.9 Å². The number of hydrogen-bond acceptors (Lipinski definition) is 4. The molecule has 1 aromatic heterocycles. The van der Waals surface area contributed by atoms with Gasteiger partial charge in [0.2, 0.25) is 0 Å². The van der Waals surface area contributed by atoms with Gasteiger partial charge >= 0.3 is 6.03 Å². The second-order valence-electron chi connectivity index (χ2n) is 6.66. The number of thiophene rings is 1. The molecule has 0 aliphatic carbocycles. The second-order valence-corrected chi connectivity index (χ2v) is 8.46. The molecule has 1 unspecified atom stereocenters. The van der Waals surface area contributed by atoms with Crippen LogP contribution in [0.2, 0.25) is 4.34 Å². The van der Waals surface area contributed by atoms with E-state index in [1.165, 1.54) is 16.2 Å². The van der Waals surface area contributed by atoms with Crippen molar-refractivity contribution < 1.29 is 19.2 Å². The van der Waals surface area contributed by atoms with E-state index in [2.05, 4.69) is 5.32 Å². The second kappa shape index (κ2) is 7.88. The van der Waals surface area contributed by atoms with Crippen LogP contribution in [0, 0.1) is 0 Å². The summed E-state index contributed by atoms with van der Waals surface area (Å²) in [5, 5.41) is 2.85. The number of carbonyl (C=O) groups is 2. The molecule has 2 atom stereocenters. The maximum atomic E-state index is 13.1. The highest BCUT2D eigenvalue weighted by atomic mass is 35.5. The predicted octanol–water partition coefficient (Wildman–Crippen LogP) is 2.24. The fraction of sp³-hybridized carbons (Fsp3) is 0.368. The highest BCUT2D eigenvalue weighted by Crippen LogP contribution is 2.30. The van der Waals surface area contributed by atoms with Crippen molar-refractivity contribution in [3.63, 3.8) is 0 Å². The minimum absolute atomic E-state index is 0.254. The first-order chi connectivity index (χ1) is 12.9. The molecular weight excluding hydrogens is 386 g/mol. The van der Waals surface area contributed by atoms with E-state index < -0.39 is 5.54 Å². The van der Waals surface area contributed by atoms with Crippen molar-refractivity contribution in [2.75, 3.05) is 20.3 Å². The minimum atomic E-state index is -1.10. The van der Waals surface area contributed by atoms with Crippen molar-refractivity contribution in [2.24, 2.45) is 0 Å². The van der Waals surface area contributed by atoms with Gasteiger partial charge in [-0.05, 0) is 43.7 Å². The van der Waals surface area contributed by atoms with E-state index in [1.54, 1.807) is 26.2 Å². The average Bonchev–Trinajstić information content (AvgIpc) is 3.17. The Balaban J connectivity index is 1.78. The number of rotatable bonds is 7. The van der Waals surface area contributed by atoms with Gasteiger partial charge in [-0.15, -0.1) is 11.3 Å². The van der Waals surface area contributed by atoms with Crippen LogP contribution in [-0.4, -0.2) is 37.2 Å². The normalized spacial score (nSPS) is 20.7. The fourth-order valence-corrected chi connectivity index (χ4v) is 4.34. The van der Waals surface area contributed by atoms with Crippen molar-refractivity contribution in [1.29, 1.82) is 0 Å². The van der Waals surface area contributed by atoms with E-state index in [-0.39, 0.29) is 11.9 Å². The molecule has 8 heteroatoms. The van der Waals surface area contributed by atoms with Gasteiger partial charge < -0.3 is 15.0 Å². The average molecular weight is 409 g/mol. The molecule has 2 aromatic rings. The molecule has 1 aromatic carbocycles. The maximum Gasteiger partial charge on any atom is 0.329 e. The lowest BCUT2D eigenvalue weighted by Gasteiger charge is -2.24. The van der Waals surface area contributed by atoms with Crippen LogP contribution in [0.4, 0.5) is 4.79 Å². The number of carbonyl (C=O) groups excluding carboxylic acids is 2. The van der Waals surface area contributed by atoms with Crippen LogP contribution in [0.15, 0.2) is 36.4 Å². The Morgan fingerprint density at radius 2 is 2.07 bits per heavy atom. The summed E-state index contributed by atoms with van der Waals surface area (Å²) in [6.07, 6.45) is 0. The SMILES string of the molecule is CC[NH+](Cc1ccc(Cl)s1)CN1C(=O)N[C@](C)(c2cccc(OC)c2)C1=O. The van der Waals surface area contributed by atoms with E-state index in [4.69, 9.17) is 16.3 Å². The van der Waals surface area contributed by atoms with E-state index in [9.17, 15) is 9.59 Å². The highest BCUT2D eigenvalue weighted by molar-refractivity contribution is 7.16. The van der Waals surface area contributed by atoms with Gasteiger partial charge in [0.25, 0.3) is 5.91 Å². The highest BCUT2D eigenvalue weighted by Gasteiger charge is 2.50. The van der Waals surface area contributed by atoms with Crippen molar-refractivity contribution in [3.8, 4) is 5.75 Å². The van der Waals surface area contributed by atoms with Gasteiger partial charge in [0, 0.05) is 0 Å². The molecule has 27 heavy (non-hydrogen) atoms. The van der Waals surface area contributed by atoms with Gasteiger partial charge in [-0.3, -0.25) is 4.79 Å². The molecule has 1 aliphatic heterocycles. The number of urea groups is 1. The first-order valence-electron chi connectivity index (χ1n) is 8.73. The molecule has 1 aliphatic rings. The Kier molecular flexibility index (Phi) is 5.74. The zero-order valence-corrected chi connectivity index (χ0v) is 17.1. The number of methoxy groups -OCH3 is 1. The lowest BCUT2D eigenvalue weighted by molar-refractivity contribution is -0.919. The first-order valence-corrected chi connectivity index (χ1v) is 9.93. The molecule has 1 fully saturated rings. The number of quaternary nitrogens is 1. The summed E-state index contributed by atoms with van der Waals surface area (Å²) in [6.45, 7) is 5.55. The van der Waals surface area contributed by atoms with Crippen LogP contribution in [0.3, 0.4) is 0 Å². The lowest BCUT2D eigenvalue weighted by atomic mass is 9.92. The number of amides is 3. The monoisotopic (exact) mass is 408 g/mol. The molecule has 6 nitrogen and oxygen atoms in total. The van der Waals surface area contributed by atoms with Crippen LogP contribution in [0.1, 0.15) is 24.3 Å². The summed E-state index contributed by atoms with van der Waals surface area (Å²) in [7, 11) is 1.57. The molecule has 0 saturated carbocycles. The van der Waals surface area contributed by atoms with Crippen LogP contribution < -0.4 is 15.0 Å². The van der Waals surface area contributed by atoms with E-state index >= 15 is 0 Å². The first kappa shape index (κ1) is 19.7. The zero-order valence-electron chi connectivity index (χ0n) is 15.5. The molecule has 0 bridgehead atoms. The molecule has 0 radical (unpaired) electrons. The van der Waals surface area contributed by atoms with E-state index in [0.717, 1.165) is 20.7 Å². The number of nitrogens with zero attached hydrogens (tertiary/aromatic N) is 1. The molecule has 2 N–H and O–H groups in total. The van der Waals surface area contributed by atoms with E-state index in [0.29, 0.717) is 24.5 Å². The fourth-order valence-electron chi connectivity index (χ4n) is 3.18. The van der Waals surface area contributed by atoms with Gasteiger partial charge in [-0.1, -0.05) is 23.7 Å². The Morgan fingerprint density at radius 1 is 1.30 bits per heavy atom. The summed E-state index contributed by atoms with van der Waals surface area (Å²) in [6, 6.07) is 10.7. The maximum absolute atomic E-state index is 13.1. The van der Waals surface area contributed by atoms with Crippen LogP contribution in [0.25, 0.3) is 0 Å². The summed E-state index contributed by atoms with van der Waals surface area (Å²) < 4.78 is 5.98. The summed E-state index contributed by atoms with van der Waals surface area (Å²) in [4.78, 5) is 29.2. The Bertz CT molecular complexity index is 856. The quantitative estimate of drug-likeness (QED) is 0.690. The Morgan fingerprint density at radius 3 is 2.70 bits per heavy atom. The van der Waals surface area contributed by atoms with Crippen molar-refractivity contribution in [2.45, 2.75) is 25.9 Å². The Hall–Kier alpha value is -2.09. The topological polar surface area (TPSA) is 63.1 Å². The molecule has 0 spiro atoms. The molecule has 2 heterocycles. The van der Waals surface area contributed by atoms with Gasteiger partial charge in [-0.25, -0.2) is 9.69 Å². The van der Waals surface area contributed by atoms with Crippen LogP contribution in [-0.2, 0) is 16.9 Å². The van der Waals surface area contributed by atoms with Gasteiger partial charge in [0.1, 0.15) is 17.8 Å². The third-order valence-electron chi connectivity index (χ3n) is 4.86. The number of nitrogens with one attached hydrogen (secondary N) is 2. The number of benzene rings is 1. The minimum Gasteiger partial charge on any atom is -0.497 e. The number of hydrogen-bond donors (Lipinski definition) is 2. The molecule has 3 amide bonds. The largest absolute Gasteiger partial charge is 0.497 e. The smallest absolute Gasteiger partial charge is 0.329 e. The number of halogens is 1. The standard InChI is InChI=1S/C19H22ClN3O3S/c1-4-22(11-15-8-9-16(20)27-15)12-23-17(24)19(2,21-18(23)25)13-6-5-7-14(10-13)26-3/h5-10H,4,11-12H2,1-3H3,(H,21,25)/p+1/t19-/m1/s1. The molecule has 1 saturated heterocycles. The van der Waals surface area contributed by atoms with Crippen molar-refractivity contribution in [1.82, 2.24) is 10.2 Å². The zero-order chi connectivity index (χ0) is 19.6. The third-order valence-corrected chi connectivity index (χ3v) is 6.09. The molecule has 144 valence electrons. The summed E-state index contributed by atoms with van der Waals surface area (Å²) in [5.41, 5.74) is -0.401. The van der Waals surface area contributed by atoms with Crippen LogP contribution >= 0.6 is 22.9 Å².